The minimum Gasteiger partial charge on any atom is -0.373 e. The van der Waals surface area contributed by atoms with Crippen molar-refractivity contribution in [1.29, 1.82) is 0 Å². The van der Waals surface area contributed by atoms with E-state index < -0.39 is 0 Å². The standard InChI is InChI=1S/C14H19NO/c1-2-12-8-13(15)9-14(12)16-10-11-6-4-3-5-7-11/h2-7,12-14H,1,8-10,15H2/t12-,13+,14-/m1/s1. The van der Waals surface area contributed by atoms with E-state index >= 15 is 0 Å². The van der Waals surface area contributed by atoms with E-state index in [0.29, 0.717) is 12.5 Å². The Kier molecular flexibility index (Phi) is 3.75. The summed E-state index contributed by atoms with van der Waals surface area (Å²) >= 11 is 0. The van der Waals surface area contributed by atoms with E-state index in [1.807, 2.05) is 24.3 Å². The van der Waals surface area contributed by atoms with E-state index in [0.717, 1.165) is 12.8 Å². The summed E-state index contributed by atoms with van der Waals surface area (Å²) in [5.41, 5.74) is 7.15. The Morgan fingerprint density at radius 2 is 2.06 bits per heavy atom. The molecule has 2 heteroatoms. The molecule has 2 nitrogen and oxygen atoms in total. The minimum absolute atomic E-state index is 0.243. The number of hydrogen-bond acceptors (Lipinski definition) is 2. The molecule has 0 aliphatic heterocycles. The van der Waals surface area contributed by atoms with Crippen LogP contribution < -0.4 is 5.73 Å². The van der Waals surface area contributed by atoms with Crippen molar-refractivity contribution in [3.63, 3.8) is 0 Å². The van der Waals surface area contributed by atoms with E-state index in [-0.39, 0.29) is 12.1 Å². The number of benzene rings is 1. The summed E-state index contributed by atoms with van der Waals surface area (Å²) in [6.07, 6.45) is 4.17. The average Bonchev–Trinajstić information content (AvgIpc) is 2.68. The molecule has 0 spiro atoms. The molecule has 0 bridgehead atoms. The van der Waals surface area contributed by atoms with E-state index in [1.165, 1.54) is 5.56 Å². The van der Waals surface area contributed by atoms with Gasteiger partial charge >= 0.3 is 0 Å². The lowest BCUT2D eigenvalue weighted by Gasteiger charge is -2.16. The van der Waals surface area contributed by atoms with Crippen LogP contribution in [0.5, 0.6) is 0 Å². The Labute approximate surface area is 97.1 Å². The normalized spacial score (nSPS) is 29.2. The molecule has 1 fully saturated rings. The first kappa shape index (κ1) is 11.4. The number of ether oxygens (including phenoxy) is 1. The Morgan fingerprint density at radius 1 is 1.31 bits per heavy atom. The van der Waals surface area contributed by atoms with E-state index in [9.17, 15) is 0 Å². The molecule has 3 atom stereocenters. The molecule has 2 rings (SSSR count). The van der Waals surface area contributed by atoms with Crippen LogP contribution in [0.3, 0.4) is 0 Å². The van der Waals surface area contributed by atoms with Crippen LogP contribution in [0.15, 0.2) is 43.0 Å². The molecule has 0 heterocycles. The van der Waals surface area contributed by atoms with Crippen molar-refractivity contribution in [3.8, 4) is 0 Å². The average molecular weight is 217 g/mol. The second kappa shape index (κ2) is 5.28. The van der Waals surface area contributed by atoms with Gasteiger partial charge in [0, 0.05) is 12.0 Å². The molecule has 0 radical (unpaired) electrons. The highest BCUT2D eigenvalue weighted by atomic mass is 16.5. The van der Waals surface area contributed by atoms with Gasteiger partial charge in [0.1, 0.15) is 0 Å². The first-order chi connectivity index (χ1) is 7.79. The second-order valence-electron chi connectivity index (χ2n) is 4.47. The van der Waals surface area contributed by atoms with Crippen molar-refractivity contribution < 1.29 is 4.74 Å². The fraction of sp³-hybridized carbons (Fsp3) is 0.429. The maximum absolute atomic E-state index is 5.93. The molecule has 0 aromatic heterocycles. The van der Waals surface area contributed by atoms with Crippen LogP contribution in [0.25, 0.3) is 0 Å². The van der Waals surface area contributed by atoms with Gasteiger partial charge in [0.2, 0.25) is 0 Å². The third-order valence-electron chi connectivity index (χ3n) is 3.20. The second-order valence-corrected chi connectivity index (χ2v) is 4.47. The largest absolute Gasteiger partial charge is 0.373 e. The van der Waals surface area contributed by atoms with Crippen molar-refractivity contribution in [2.24, 2.45) is 11.7 Å². The molecule has 0 amide bonds. The van der Waals surface area contributed by atoms with Crippen molar-refractivity contribution in [2.45, 2.75) is 31.6 Å². The lowest BCUT2D eigenvalue weighted by Crippen LogP contribution is -2.18. The molecular weight excluding hydrogens is 198 g/mol. The molecule has 1 aromatic carbocycles. The molecule has 1 aromatic rings. The Hall–Kier alpha value is -1.12. The first-order valence-electron chi connectivity index (χ1n) is 5.83. The zero-order valence-corrected chi connectivity index (χ0v) is 9.51. The van der Waals surface area contributed by atoms with Gasteiger partial charge in [-0.15, -0.1) is 6.58 Å². The van der Waals surface area contributed by atoms with Crippen LogP contribution in [-0.4, -0.2) is 12.1 Å². The molecule has 0 saturated heterocycles. The molecule has 0 unspecified atom stereocenters. The van der Waals surface area contributed by atoms with Gasteiger partial charge in [0.05, 0.1) is 12.7 Å². The van der Waals surface area contributed by atoms with E-state index in [2.05, 4.69) is 18.7 Å². The quantitative estimate of drug-likeness (QED) is 0.786. The summed E-state index contributed by atoms with van der Waals surface area (Å²) in [7, 11) is 0. The van der Waals surface area contributed by atoms with Gasteiger partial charge in [-0.3, -0.25) is 0 Å². The summed E-state index contributed by atoms with van der Waals surface area (Å²) in [6, 6.07) is 10.5. The van der Waals surface area contributed by atoms with Crippen LogP contribution >= 0.6 is 0 Å². The molecule has 1 saturated carbocycles. The van der Waals surface area contributed by atoms with Crippen LogP contribution in [-0.2, 0) is 11.3 Å². The van der Waals surface area contributed by atoms with Gasteiger partial charge in [0.15, 0.2) is 0 Å². The summed E-state index contributed by atoms with van der Waals surface area (Å²) in [4.78, 5) is 0. The van der Waals surface area contributed by atoms with Crippen LogP contribution in [0.1, 0.15) is 18.4 Å². The first-order valence-corrected chi connectivity index (χ1v) is 5.83. The van der Waals surface area contributed by atoms with Gasteiger partial charge in [-0.1, -0.05) is 36.4 Å². The highest BCUT2D eigenvalue weighted by Gasteiger charge is 2.30. The summed E-state index contributed by atoms with van der Waals surface area (Å²) in [5, 5.41) is 0. The fourth-order valence-electron chi connectivity index (χ4n) is 2.29. The van der Waals surface area contributed by atoms with Gasteiger partial charge < -0.3 is 10.5 Å². The minimum atomic E-state index is 0.243. The van der Waals surface area contributed by atoms with Gasteiger partial charge in [-0.2, -0.15) is 0 Å². The Morgan fingerprint density at radius 3 is 2.75 bits per heavy atom. The summed E-state index contributed by atoms with van der Waals surface area (Å²) in [6.45, 7) is 4.52. The number of hydrogen-bond donors (Lipinski definition) is 1. The summed E-state index contributed by atoms with van der Waals surface area (Å²) in [5.74, 6) is 0.415. The fourth-order valence-corrected chi connectivity index (χ4v) is 2.29. The molecule has 1 aliphatic rings. The van der Waals surface area contributed by atoms with Crippen LogP contribution in [0.2, 0.25) is 0 Å². The lowest BCUT2D eigenvalue weighted by molar-refractivity contribution is 0.0269. The maximum atomic E-state index is 5.93. The SMILES string of the molecule is C=C[C@@H]1C[C@H](N)C[C@H]1OCc1ccccc1. The van der Waals surface area contributed by atoms with Gasteiger partial charge in [-0.05, 0) is 18.4 Å². The maximum Gasteiger partial charge on any atom is 0.0720 e. The third kappa shape index (κ3) is 2.71. The predicted octanol–water partition coefficient (Wildman–Crippen LogP) is 2.50. The molecule has 86 valence electrons. The van der Waals surface area contributed by atoms with Crippen molar-refractivity contribution in [3.05, 3.63) is 48.6 Å². The van der Waals surface area contributed by atoms with Crippen molar-refractivity contribution >= 4 is 0 Å². The lowest BCUT2D eigenvalue weighted by atomic mass is 10.1. The topological polar surface area (TPSA) is 35.2 Å². The number of rotatable bonds is 4. The molecular formula is C14H19NO. The van der Waals surface area contributed by atoms with E-state index in [4.69, 9.17) is 10.5 Å². The third-order valence-corrected chi connectivity index (χ3v) is 3.20. The van der Waals surface area contributed by atoms with Crippen LogP contribution in [0.4, 0.5) is 0 Å². The zero-order valence-electron chi connectivity index (χ0n) is 9.51. The van der Waals surface area contributed by atoms with Crippen molar-refractivity contribution in [2.75, 3.05) is 0 Å². The van der Waals surface area contributed by atoms with Crippen molar-refractivity contribution in [1.82, 2.24) is 0 Å². The van der Waals surface area contributed by atoms with Crippen LogP contribution in [0, 0.1) is 5.92 Å². The monoisotopic (exact) mass is 217 g/mol. The highest BCUT2D eigenvalue weighted by molar-refractivity contribution is 5.13. The van der Waals surface area contributed by atoms with Gasteiger partial charge in [0.25, 0.3) is 0 Å². The van der Waals surface area contributed by atoms with Gasteiger partial charge in [-0.25, -0.2) is 0 Å². The predicted molar refractivity (Wildman–Crippen MR) is 65.9 cm³/mol. The summed E-state index contributed by atoms with van der Waals surface area (Å²) < 4.78 is 5.91. The molecule has 1 aliphatic carbocycles. The molecule has 16 heavy (non-hydrogen) atoms. The highest BCUT2D eigenvalue weighted by Crippen LogP contribution is 2.28. The zero-order chi connectivity index (χ0) is 11.4. The Balaban J connectivity index is 1.88. The molecule has 2 N–H and O–H groups in total. The smallest absolute Gasteiger partial charge is 0.0720 e. The number of nitrogens with two attached hydrogens (primary N) is 1. The Bertz CT molecular complexity index is 336. The van der Waals surface area contributed by atoms with E-state index in [1.54, 1.807) is 0 Å².